The van der Waals surface area contributed by atoms with Crippen LogP contribution < -0.4 is 10.0 Å². The molecule has 3 aliphatic rings. The summed E-state index contributed by atoms with van der Waals surface area (Å²) in [6.45, 7) is 2.32. The molecule has 1 saturated heterocycles. The van der Waals surface area contributed by atoms with Crippen LogP contribution >= 0.6 is 11.6 Å². The highest BCUT2D eigenvalue weighted by molar-refractivity contribution is 7.93. The van der Waals surface area contributed by atoms with Crippen molar-refractivity contribution in [3.8, 4) is 23.0 Å². The first-order chi connectivity index (χ1) is 29.5. The quantitative estimate of drug-likeness (QED) is 0.0938. The Balaban J connectivity index is 1.32. The van der Waals surface area contributed by atoms with Gasteiger partial charge in [-0.1, -0.05) is 23.6 Å². The Labute approximate surface area is 362 Å². The maximum Gasteiger partial charge on any atom is 0.290 e. The van der Waals surface area contributed by atoms with Gasteiger partial charge in [0.2, 0.25) is 15.9 Å². The van der Waals surface area contributed by atoms with E-state index in [-0.39, 0.29) is 63.0 Å². The molecule has 5 aromatic rings. The number of hydrogen-bond acceptors (Lipinski definition) is 9. The highest BCUT2D eigenvalue weighted by atomic mass is 35.5. The Morgan fingerprint density at radius 2 is 1.70 bits per heavy atom. The molecule has 63 heavy (non-hydrogen) atoms. The van der Waals surface area contributed by atoms with Gasteiger partial charge in [0.1, 0.15) is 40.0 Å². The maximum absolute atomic E-state index is 15.1. The molecule has 0 bridgehead atoms. The number of nitrogens with zero attached hydrogens (tertiary/aromatic N) is 5. The van der Waals surface area contributed by atoms with Crippen molar-refractivity contribution in [2.24, 2.45) is 0 Å². The predicted molar refractivity (Wildman–Crippen MR) is 220 cm³/mol. The number of hydrogen-bond donors (Lipinski definition) is 2. The molecule has 1 atom stereocenters. The van der Waals surface area contributed by atoms with E-state index in [2.05, 4.69) is 32.1 Å². The minimum Gasteiger partial charge on any atom is -0.377 e. The van der Waals surface area contributed by atoms with Crippen LogP contribution in [-0.2, 0) is 54.7 Å². The van der Waals surface area contributed by atoms with Gasteiger partial charge in [-0.3, -0.25) is 18.9 Å². The number of amides is 1. The molecule has 2 aliphatic carbocycles. The van der Waals surface area contributed by atoms with Crippen LogP contribution in [0.25, 0.3) is 22.0 Å². The lowest BCUT2D eigenvalue weighted by atomic mass is 9.93. The first kappa shape index (κ1) is 44.4. The molecular weight excluding hydrogens is 900 g/mol. The van der Waals surface area contributed by atoms with Crippen LogP contribution in [0.2, 0.25) is 5.02 Å². The van der Waals surface area contributed by atoms with Gasteiger partial charge in [-0.05, 0) is 81.3 Å². The van der Waals surface area contributed by atoms with E-state index >= 15 is 8.78 Å². The van der Waals surface area contributed by atoms with Gasteiger partial charge in [0.25, 0.3) is 12.3 Å². The summed E-state index contributed by atoms with van der Waals surface area (Å²) >= 11 is 6.73. The monoisotopic (exact) mass is 937 g/mol. The zero-order valence-corrected chi connectivity index (χ0v) is 36.0. The van der Waals surface area contributed by atoms with Crippen molar-refractivity contribution < 1.29 is 52.7 Å². The van der Waals surface area contributed by atoms with Gasteiger partial charge in [-0.15, -0.1) is 0 Å². The third-order valence-electron chi connectivity index (χ3n) is 11.1. The van der Waals surface area contributed by atoms with Crippen molar-refractivity contribution in [2.75, 3.05) is 24.2 Å². The van der Waals surface area contributed by atoms with Crippen LogP contribution in [0.5, 0.6) is 0 Å². The highest BCUT2D eigenvalue weighted by Gasteiger charge is 2.47. The first-order valence-corrected chi connectivity index (χ1v) is 23.4. The number of ether oxygens (including phenoxy) is 1. The topological polar surface area (TPSA) is 167 Å². The molecule has 8 rings (SSSR count). The summed E-state index contributed by atoms with van der Waals surface area (Å²) < 4.78 is 148. The molecule has 334 valence electrons. The van der Waals surface area contributed by atoms with Gasteiger partial charge in [-0.2, -0.15) is 19.0 Å². The second kappa shape index (κ2) is 16.1. The fraction of sp³-hybridized carbons (Fsp3) is 0.415. The third kappa shape index (κ3) is 8.74. The minimum absolute atomic E-state index is 0.00254. The van der Waals surface area contributed by atoms with Crippen molar-refractivity contribution in [3.05, 3.63) is 93.0 Å². The molecule has 0 unspecified atom stereocenters. The normalized spacial score (nSPS) is 17.0. The summed E-state index contributed by atoms with van der Waals surface area (Å²) in [6, 6.07) is 6.87. The van der Waals surface area contributed by atoms with Gasteiger partial charge >= 0.3 is 0 Å². The lowest BCUT2D eigenvalue weighted by molar-refractivity contribution is -0.122. The summed E-state index contributed by atoms with van der Waals surface area (Å²) in [5.41, 5.74) is -1.29. The summed E-state index contributed by atoms with van der Waals surface area (Å²) in [5.74, 6) is -1.02. The molecule has 22 heteroatoms. The summed E-state index contributed by atoms with van der Waals surface area (Å²) in [6.07, 6.45) is -2.85. The maximum atomic E-state index is 15.1. The number of pyridine rings is 1. The second-order valence-electron chi connectivity index (χ2n) is 16.3. The smallest absolute Gasteiger partial charge is 0.290 e. The Bertz CT molecular complexity index is 2960. The molecule has 1 aliphatic heterocycles. The van der Waals surface area contributed by atoms with Gasteiger partial charge in [0.15, 0.2) is 15.7 Å². The van der Waals surface area contributed by atoms with Crippen molar-refractivity contribution >= 4 is 54.1 Å². The number of sulfone groups is 1. The van der Waals surface area contributed by atoms with Crippen molar-refractivity contribution in [1.29, 1.82) is 0 Å². The van der Waals surface area contributed by atoms with E-state index in [1.54, 1.807) is 6.07 Å². The minimum atomic E-state index is -3.91. The molecule has 1 amide bonds. The lowest BCUT2D eigenvalue weighted by Crippen LogP contribution is -2.35. The predicted octanol–water partition coefficient (Wildman–Crippen LogP) is 6.95. The van der Waals surface area contributed by atoms with E-state index < -0.39 is 109 Å². The summed E-state index contributed by atoms with van der Waals surface area (Å²) in [4.78, 5) is 18.9. The average molecular weight is 938 g/mol. The third-order valence-corrected chi connectivity index (χ3v) is 14.8. The molecule has 2 aromatic carbocycles. The Morgan fingerprint density at radius 3 is 2.32 bits per heavy atom. The second-order valence-corrected chi connectivity index (χ2v) is 21.2. The van der Waals surface area contributed by atoms with Crippen LogP contribution in [0.15, 0.2) is 42.5 Å². The van der Waals surface area contributed by atoms with Crippen LogP contribution in [-0.4, -0.2) is 76.8 Å². The number of carbonyl (C=O) groups excluding carboxylic acids is 1. The number of anilines is 1. The lowest BCUT2D eigenvalue weighted by Gasteiger charge is -2.28. The number of halogens is 7. The largest absolute Gasteiger partial charge is 0.377 e. The van der Waals surface area contributed by atoms with Crippen LogP contribution in [0.3, 0.4) is 0 Å². The number of nitrogens with one attached hydrogen (secondary N) is 2. The van der Waals surface area contributed by atoms with Gasteiger partial charge in [-0.25, -0.2) is 39.4 Å². The Kier molecular flexibility index (Phi) is 11.4. The fourth-order valence-corrected chi connectivity index (χ4v) is 10.4. The van der Waals surface area contributed by atoms with Crippen molar-refractivity contribution in [1.82, 2.24) is 29.9 Å². The van der Waals surface area contributed by atoms with Crippen molar-refractivity contribution in [2.45, 2.75) is 86.9 Å². The molecule has 2 N–H and O–H groups in total. The number of sulfonamides is 1. The van der Waals surface area contributed by atoms with Gasteiger partial charge < -0.3 is 10.1 Å². The van der Waals surface area contributed by atoms with Gasteiger partial charge in [0, 0.05) is 29.2 Å². The van der Waals surface area contributed by atoms with E-state index in [0.29, 0.717) is 29.2 Å². The van der Waals surface area contributed by atoms with Crippen molar-refractivity contribution in [3.63, 3.8) is 0 Å². The van der Waals surface area contributed by atoms with Crippen LogP contribution in [0.1, 0.15) is 85.5 Å². The molecule has 3 aromatic heterocycles. The molecule has 4 heterocycles. The van der Waals surface area contributed by atoms with Crippen LogP contribution in [0.4, 0.5) is 32.2 Å². The zero-order chi connectivity index (χ0) is 45.4. The standard InChI is InChI=1S/C41H38ClF6N7O6S2/c1-40(2,63(59,60)26-5-6-26)12-10-24-4-7-27(28-8-9-30(42)33-36(28)55(25-19-61-20-25)52-39(33)53-62(3,57)58)34(49-24)31(16-21-14-22(43)17-23(44)15-21)50-32(56)18-54-37-29(11-13-41(37,47)48)35(51-54)38(45)46/h4,7-9,14-15,17,25-26,31,38H,5-6,11,13,16,18-20H2,1-3H3,(H,50,56)(H,52,53)/t31-/m0/s1. The number of rotatable bonds is 13. The average Bonchev–Trinajstić information content (AvgIpc) is 3.78. The fourth-order valence-electron chi connectivity index (χ4n) is 7.87. The van der Waals surface area contributed by atoms with E-state index in [9.17, 15) is 39.2 Å². The molecule has 13 nitrogen and oxygen atoms in total. The molecule has 0 radical (unpaired) electrons. The molecule has 0 spiro atoms. The number of benzene rings is 2. The Morgan fingerprint density at radius 1 is 1.02 bits per heavy atom. The zero-order valence-electron chi connectivity index (χ0n) is 33.7. The van der Waals surface area contributed by atoms with E-state index in [1.807, 2.05) is 0 Å². The van der Waals surface area contributed by atoms with E-state index in [1.165, 1.54) is 36.7 Å². The summed E-state index contributed by atoms with van der Waals surface area (Å²) in [5, 5.41) is 10.7. The molecule has 2 fully saturated rings. The number of alkyl halides is 4. The van der Waals surface area contributed by atoms with E-state index in [4.69, 9.17) is 21.3 Å². The summed E-state index contributed by atoms with van der Waals surface area (Å²) in [7, 11) is -7.60. The number of fused-ring (bicyclic) bond motifs is 2. The Hall–Kier alpha value is -5.17. The van der Waals surface area contributed by atoms with E-state index in [0.717, 1.165) is 18.4 Å². The van der Waals surface area contributed by atoms with Crippen LogP contribution in [0, 0.1) is 23.5 Å². The first-order valence-electron chi connectivity index (χ1n) is 19.6. The molecular formula is C41H38ClF6N7O6S2. The number of aromatic nitrogens is 5. The molecule has 1 saturated carbocycles. The highest BCUT2D eigenvalue weighted by Crippen LogP contribution is 2.45. The van der Waals surface area contributed by atoms with Gasteiger partial charge in [0.05, 0.1) is 58.4 Å². The SMILES string of the molecule is CC(C)(C#Cc1ccc(-c2ccc(Cl)c3c(NS(C)(=O)=O)nn(C4COC4)c23)c([C@H](Cc2cc(F)cc(F)c2)NC(=O)Cn2nc(C(F)F)c3c2C(F)(F)CC3)n1)S(=O)(=O)C1CC1. The number of carbonyl (C=O) groups is 1.